The van der Waals surface area contributed by atoms with E-state index in [2.05, 4.69) is 5.32 Å². The summed E-state index contributed by atoms with van der Waals surface area (Å²) in [5, 5.41) is 14.3. The van der Waals surface area contributed by atoms with E-state index < -0.39 is 5.60 Å². The van der Waals surface area contributed by atoms with Crippen LogP contribution < -0.4 is 10.1 Å². The molecule has 1 aliphatic rings. The number of piperidine rings is 1. The van der Waals surface area contributed by atoms with Crippen LogP contribution in [-0.2, 0) is 5.60 Å². The Kier molecular flexibility index (Phi) is 3.38. The van der Waals surface area contributed by atoms with Crippen molar-refractivity contribution < 1.29 is 9.84 Å². The van der Waals surface area contributed by atoms with Crippen LogP contribution in [0.4, 0.5) is 0 Å². The molecule has 0 amide bonds. The molecule has 0 atom stereocenters. The van der Waals surface area contributed by atoms with Crippen LogP contribution in [0.5, 0.6) is 5.75 Å². The lowest BCUT2D eigenvalue weighted by Gasteiger charge is -2.33. The Morgan fingerprint density at radius 1 is 1.38 bits per heavy atom. The zero-order valence-electron chi connectivity index (χ0n) is 9.29. The Bertz CT molecular complexity index is 375. The SMILES string of the molecule is COc1cc(C2(O)CCNCC2)ccc1Cl. The first-order valence-corrected chi connectivity index (χ1v) is 5.81. The zero-order chi connectivity index (χ0) is 11.6. The van der Waals surface area contributed by atoms with Gasteiger partial charge in [-0.1, -0.05) is 17.7 Å². The number of methoxy groups -OCH3 is 1. The molecule has 1 aliphatic heterocycles. The molecule has 1 heterocycles. The number of hydrogen-bond donors (Lipinski definition) is 2. The number of ether oxygens (including phenoxy) is 1. The summed E-state index contributed by atoms with van der Waals surface area (Å²) in [5.41, 5.74) is 0.138. The van der Waals surface area contributed by atoms with E-state index in [1.165, 1.54) is 0 Å². The molecular formula is C12H16ClNO2. The molecule has 0 radical (unpaired) electrons. The normalized spacial score (nSPS) is 19.4. The fourth-order valence-electron chi connectivity index (χ4n) is 2.08. The lowest BCUT2D eigenvalue weighted by atomic mass is 9.85. The van der Waals surface area contributed by atoms with Gasteiger partial charge in [0.25, 0.3) is 0 Å². The van der Waals surface area contributed by atoms with Gasteiger partial charge >= 0.3 is 0 Å². The third kappa shape index (κ3) is 2.17. The minimum atomic E-state index is -0.747. The molecule has 3 nitrogen and oxygen atoms in total. The van der Waals surface area contributed by atoms with Crippen LogP contribution in [0.25, 0.3) is 0 Å². The van der Waals surface area contributed by atoms with Crippen LogP contribution in [0.1, 0.15) is 18.4 Å². The summed E-state index contributed by atoms with van der Waals surface area (Å²) in [6.45, 7) is 1.67. The van der Waals surface area contributed by atoms with Gasteiger partial charge in [0.1, 0.15) is 5.75 Å². The van der Waals surface area contributed by atoms with Gasteiger partial charge < -0.3 is 15.2 Å². The molecular weight excluding hydrogens is 226 g/mol. The van der Waals surface area contributed by atoms with Crippen LogP contribution in [0.2, 0.25) is 5.02 Å². The molecule has 16 heavy (non-hydrogen) atoms. The second kappa shape index (κ2) is 4.62. The van der Waals surface area contributed by atoms with E-state index in [1.54, 1.807) is 13.2 Å². The predicted molar refractivity (Wildman–Crippen MR) is 64.0 cm³/mol. The molecule has 1 aromatic carbocycles. The van der Waals surface area contributed by atoms with Crippen LogP contribution in [-0.4, -0.2) is 25.3 Å². The minimum absolute atomic E-state index is 0.573. The molecule has 88 valence electrons. The second-order valence-corrected chi connectivity index (χ2v) is 4.54. The number of rotatable bonds is 2. The second-order valence-electron chi connectivity index (χ2n) is 4.13. The lowest BCUT2D eigenvalue weighted by Crippen LogP contribution is -2.39. The van der Waals surface area contributed by atoms with Gasteiger partial charge in [-0.2, -0.15) is 0 Å². The Morgan fingerprint density at radius 3 is 2.69 bits per heavy atom. The van der Waals surface area contributed by atoms with E-state index >= 15 is 0 Å². The van der Waals surface area contributed by atoms with E-state index in [1.807, 2.05) is 12.1 Å². The van der Waals surface area contributed by atoms with Crippen LogP contribution in [0.3, 0.4) is 0 Å². The van der Waals surface area contributed by atoms with E-state index in [9.17, 15) is 5.11 Å². The fourth-order valence-corrected chi connectivity index (χ4v) is 2.27. The van der Waals surface area contributed by atoms with Crippen molar-refractivity contribution in [1.29, 1.82) is 0 Å². The molecule has 0 aliphatic carbocycles. The highest BCUT2D eigenvalue weighted by atomic mass is 35.5. The maximum absolute atomic E-state index is 10.5. The summed E-state index contributed by atoms with van der Waals surface area (Å²) < 4.78 is 5.16. The molecule has 0 unspecified atom stereocenters. The molecule has 0 bridgehead atoms. The minimum Gasteiger partial charge on any atom is -0.495 e. The van der Waals surface area contributed by atoms with Crippen molar-refractivity contribution in [3.63, 3.8) is 0 Å². The summed E-state index contributed by atoms with van der Waals surface area (Å²) in [6, 6.07) is 5.47. The van der Waals surface area contributed by atoms with E-state index in [4.69, 9.17) is 16.3 Å². The van der Waals surface area contributed by atoms with Gasteiger partial charge in [-0.05, 0) is 43.6 Å². The van der Waals surface area contributed by atoms with Crippen LogP contribution in [0, 0.1) is 0 Å². The van der Waals surface area contributed by atoms with Crippen molar-refractivity contribution in [3.8, 4) is 5.75 Å². The Labute approximate surface area is 100 Å². The molecule has 2 N–H and O–H groups in total. The molecule has 0 saturated carbocycles. The van der Waals surface area contributed by atoms with E-state index in [0.29, 0.717) is 10.8 Å². The fraction of sp³-hybridized carbons (Fsp3) is 0.500. The number of halogens is 1. The molecule has 1 saturated heterocycles. The first-order valence-electron chi connectivity index (χ1n) is 5.43. The number of nitrogens with one attached hydrogen (secondary N) is 1. The Hall–Kier alpha value is -0.770. The van der Waals surface area contributed by atoms with Crippen molar-refractivity contribution in [2.75, 3.05) is 20.2 Å². The monoisotopic (exact) mass is 241 g/mol. The maximum atomic E-state index is 10.5. The van der Waals surface area contributed by atoms with Crippen molar-refractivity contribution in [3.05, 3.63) is 28.8 Å². The topological polar surface area (TPSA) is 41.5 Å². The third-order valence-corrected chi connectivity index (χ3v) is 3.43. The maximum Gasteiger partial charge on any atom is 0.137 e. The highest BCUT2D eigenvalue weighted by Gasteiger charge is 2.31. The molecule has 4 heteroatoms. The zero-order valence-corrected chi connectivity index (χ0v) is 10.0. The summed E-state index contributed by atoms with van der Waals surface area (Å²) in [4.78, 5) is 0. The Balaban J connectivity index is 2.32. The van der Waals surface area contributed by atoms with Gasteiger partial charge in [0.05, 0.1) is 17.7 Å². The largest absolute Gasteiger partial charge is 0.495 e. The molecule has 0 spiro atoms. The summed E-state index contributed by atoms with van der Waals surface area (Å²) in [5.74, 6) is 0.617. The standard InChI is InChI=1S/C12H16ClNO2/c1-16-11-8-9(2-3-10(11)13)12(15)4-6-14-7-5-12/h2-3,8,14-15H,4-7H2,1H3. The highest BCUT2D eigenvalue weighted by Crippen LogP contribution is 2.35. The van der Waals surface area contributed by atoms with Crippen LogP contribution >= 0.6 is 11.6 Å². The van der Waals surface area contributed by atoms with Crippen molar-refractivity contribution >= 4 is 11.6 Å². The van der Waals surface area contributed by atoms with Gasteiger partial charge in [0.2, 0.25) is 0 Å². The van der Waals surface area contributed by atoms with Crippen molar-refractivity contribution in [2.24, 2.45) is 0 Å². The molecule has 0 aromatic heterocycles. The summed E-state index contributed by atoms with van der Waals surface area (Å²) in [7, 11) is 1.58. The van der Waals surface area contributed by atoms with E-state index in [-0.39, 0.29) is 0 Å². The smallest absolute Gasteiger partial charge is 0.137 e. The quantitative estimate of drug-likeness (QED) is 0.831. The molecule has 2 rings (SSSR count). The predicted octanol–water partition coefficient (Wildman–Crippen LogP) is 1.92. The van der Waals surface area contributed by atoms with Gasteiger partial charge in [-0.3, -0.25) is 0 Å². The third-order valence-electron chi connectivity index (χ3n) is 3.12. The van der Waals surface area contributed by atoms with Crippen molar-refractivity contribution in [2.45, 2.75) is 18.4 Å². The molecule has 1 fully saturated rings. The number of benzene rings is 1. The van der Waals surface area contributed by atoms with Crippen molar-refractivity contribution in [1.82, 2.24) is 5.32 Å². The summed E-state index contributed by atoms with van der Waals surface area (Å²) in [6.07, 6.45) is 1.44. The number of aliphatic hydroxyl groups is 1. The highest BCUT2D eigenvalue weighted by molar-refractivity contribution is 6.32. The van der Waals surface area contributed by atoms with E-state index in [0.717, 1.165) is 31.5 Å². The van der Waals surface area contributed by atoms with Crippen LogP contribution in [0.15, 0.2) is 18.2 Å². The Morgan fingerprint density at radius 2 is 2.06 bits per heavy atom. The van der Waals surface area contributed by atoms with Gasteiger partial charge in [0.15, 0.2) is 0 Å². The lowest BCUT2D eigenvalue weighted by molar-refractivity contribution is 0.00577. The van der Waals surface area contributed by atoms with Gasteiger partial charge in [0, 0.05) is 0 Å². The van der Waals surface area contributed by atoms with Gasteiger partial charge in [-0.25, -0.2) is 0 Å². The first kappa shape index (κ1) is 11.7. The number of hydrogen-bond acceptors (Lipinski definition) is 3. The molecule has 1 aromatic rings. The van der Waals surface area contributed by atoms with Gasteiger partial charge in [-0.15, -0.1) is 0 Å². The first-order chi connectivity index (χ1) is 7.65. The average Bonchev–Trinajstić information content (AvgIpc) is 2.30. The average molecular weight is 242 g/mol. The summed E-state index contributed by atoms with van der Waals surface area (Å²) >= 11 is 5.96.